The average molecular weight is 369 g/mol. The fourth-order valence-corrected chi connectivity index (χ4v) is 2.41. The molecule has 0 aromatic heterocycles. The van der Waals surface area contributed by atoms with Crippen molar-refractivity contribution in [1.29, 1.82) is 0 Å². The predicted molar refractivity (Wildman–Crippen MR) is 103 cm³/mol. The Bertz CT molecular complexity index is 793. The van der Waals surface area contributed by atoms with E-state index in [1.807, 2.05) is 6.07 Å². The standard InChI is InChI=1S/C20H23N3O4/c1-3-23(14-18(24)22-16-10-7-11-17(12-16)27-2)19(25)13-21-20(26)15-8-5-4-6-9-15/h4-12H,3,13-14H2,1-2H3,(H,21,26)(H,22,24). The van der Waals surface area contributed by atoms with Gasteiger partial charge in [0, 0.05) is 23.9 Å². The summed E-state index contributed by atoms with van der Waals surface area (Å²) < 4.78 is 5.11. The summed E-state index contributed by atoms with van der Waals surface area (Å²) in [6.45, 7) is 1.85. The molecular weight excluding hydrogens is 346 g/mol. The van der Waals surface area contributed by atoms with E-state index in [2.05, 4.69) is 10.6 Å². The molecule has 0 atom stereocenters. The molecule has 7 nitrogen and oxygen atoms in total. The van der Waals surface area contributed by atoms with Crippen molar-refractivity contribution in [3.63, 3.8) is 0 Å². The summed E-state index contributed by atoms with van der Waals surface area (Å²) in [7, 11) is 1.54. The van der Waals surface area contributed by atoms with Crippen molar-refractivity contribution in [1.82, 2.24) is 10.2 Å². The highest BCUT2D eigenvalue weighted by Gasteiger charge is 2.17. The number of carbonyl (C=O) groups is 3. The fraction of sp³-hybridized carbons (Fsp3) is 0.250. The Balaban J connectivity index is 1.86. The van der Waals surface area contributed by atoms with E-state index in [1.165, 1.54) is 4.90 Å². The highest BCUT2D eigenvalue weighted by atomic mass is 16.5. The van der Waals surface area contributed by atoms with Gasteiger partial charge in [0.15, 0.2) is 0 Å². The SMILES string of the molecule is CCN(CC(=O)Nc1cccc(OC)c1)C(=O)CNC(=O)c1ccccc1. The monoisotopic (exact) mass is 369 g/mol. The highest BCUT2D eigenvalue weighted by molar-refractivity contribution is 5.98. The van der Waals surface area contributed by atoms with Gasteiger partial charge in [-0.15, -0.1) is 0 Å². The van der Waals surface area contributed by atoms with E-state index in [9.17, 15) is 14.4 Å². The van der Waals surface area contributed by atoms with Gasteiger partial charge in [0.2, 0.25) is 11.8 Å². The first-order valence-corrected chi connectivity index (χ1v) is 8.58. The summed E-state index contributed by atoms with van der Waals surface area (Å²) in [5, 5.41) is 5.30. The molecule has 0 unspecified atom stereocenters. The van der Waals surface area contributed by atoms with Crippen LogP contribution in [0.15, 0.2) is 54.6 Å². The molecule has 2 rings (SSSR count). The van der Waals surface area contributed by atoms with Gasteiger partial charge in [-0.25, -0.2) is 0 Å². The molecule has 7 heteroatoms. The van der Waals surface area contributed by atoms with Crippen molar-refractivity contribution in [3.8, 4) is 5.75 Å². The normalized spacial score (nSPS) is 10.0. The van der Waals surface area contributed by atoms with Gasteiger partial charge in [-0.3, -0.25) is 14.4 Å². The van der Waals surface area contributed by atoms with E-state index in [1.54, 1.807) is 62.6 Å². The van der Waals surface area contributed by atoms with Crippen LogP contribution in [0.1, 0.15) is 17.3 Å². The number of hydrogen-bond acceptors (Lipinski definition) is 4. The van der Waals surface area contributed by atoms with Crippen molar-refractivity contribution < 1.29 is 19.1 Å². The number of nitrogens with one attached hydrogen (secondary N) is 2. The van der Waals surface area contributed by atoms with Crippen molar-refractivity contribution in [2.24, 2.45) is 0 Å². The summed E-state index contributed by atoms with van der Waals surface area (Å²) >= 11 is 0. The Morgan fingerprint density at radius 3 is 2.44 bits per heavy atom. The number of benzene rings is 2. The average Bonchev–Trinajstić information content (AvgIpc) is 2.70. The van der Waals surface area contributed by atoms with Gasteiger partial charge in [0.1, 0.15) is 5.75 Å². The number of amides is 3. The molecule has 3 amide bonds. The number of ether oxygens (including phenoxy) is 1. The van der Waals surface area contributed by atoms with Gasteiger partial charge in [-0.1, -0.05) is 24.3 Å². The molecule has 0 saturated carbocycles. The molecule has 0 aliphatic rings. The molecule has 0 aliphatic heterocycles. The second kappa shape index (κ2) is 9.96. The summed E-state index contributed by atoms with van der Waals surface area (Å²) in [5.74, 6) is -0.365. The Labute approximate surface area is 158 Å². The predicted octanol–water partition coefficient (Wildman–Crippen LogP) is 1.91. The molecule has 0 heterocycles. The lowest BCUT2D eigenvalue weighted by Gasteiger charge is -2.20. The summed E-state index contributed by atoms with van der Waals surface area (Å²) in [5.41, 5.74) is 1.06. The van der Waals surface area contributed by atoms with Crippen LogP contribution in [-0.2, 0) is 9.59 Å². The van der Waals surface area contributed by atoms with Crippen LogP contribution >= 0.6 is 0 Å². The minimum Gasteiger partial charge on any atom is -0.497 e. The molecule has 2 aromatic carbocycles. The Kier molecular flexibility index (Phi) is 7.37. The van der Waals surface area contributed by atoms with E-state index in [4.69, 9.17) is 4.74 Å². The highest BCUT2D eigenvalue weighted by Crippen LogP contribution is 2.16. The number of hydrogen-bond donors (Lipinski definition) is 2. The summed E-state index contributed by atoms with van der Waals surface area (Å²) in [4.78, 5) is 37.9. The van der Waals surface area contributed by atoms with Crippen molar-refractivity contribution in [2.45, 2.75) is 6.92 Å². The molecule has 0 saturated heterocycles. The molecule has 0 radical (unpaired) electrons. The number of rotatable bonds is 8. The van der Waals surface area contributed by atoms with Gasteiger partial charge in [-0.05, 0) is 31.2 Å². The van der Waals surface area contributed by atoms with Crippen LogP contribution in [0.2, 0.25) is 0 Å². The maximum Gasteiger partial charge on any atom is 0.251 e. The quantitative estimate of drug-likeness (QED) is 0.744. The van der Waals surface area contributed by atoms with Gasteiger partial charge in [0.25, 0.3) is 5.91 Å². The number of likely N-dealkylation sites (N-methyl/N-ethyl adjacent to an activating group) is 1. The van der Waals surface area contributed by atoms with Gasteiger partial charge < -0.3 is 20.3 Å². The second-order valence-electron chi connectivity index (χ2n) is 5.74. The van der Waals surface area contributed by atoms with Crippen LogP contribution in [0.4, 0.5) is 5.69 Å². The van der Waals surface area contributed by atoms with E-state index < -0.39 is 0 Å². The van der Waals surface area contributed by atoms with Crippen LogP contribution in [0.25, 0.3) is 0 Å². The van der Waals surface area contributed by atoms with Crippen LogP contribution in [-0.4, -0.2) is 49.4 Å². The first-order chi connectivity index (χ1) is 13.0. The molecule has 0 aliphatic carbocycles. The van der Waals surface area contributed by atoms with Crippen LogP contribution < -0.4 is 15.4 Å². The Hall–Kier alpha value is -3.35. The molecule has 2 N–H and O–H groups in total. The zero-order valence-electron chi connectivity index (χ0n) is 15.4. The number of nitrogens with zero attached hydrogens (tertiary/aromatic N) is 1. The van der Waals surface area contributed by atoms with E-state index in [0.717, 1.165) is 0 Å². The first kappa shape index (κ1) is 20.0. The van der Waals surface area contributed by atoms with Gasteiger partial charge in [-0.2, -0.15) is 0 Å². The van der Waals surface area contributed by atoms with Crippen molar-refractivity contribution in [2.75, 3.05) is 32.1 Å². The van der Waals surface area contributed by atoms with Crippen molar-refractivity contribution >= 4 is 23.4 Å². The molecular formula is C20H23N3O4. The van der Waals surface area contributed by atoms with E-state index in [-0.39, 0.29) is 30.8 Å². The smallest absolute Gasteiger partial charge is 0.251 e. The molecule has 27 heavy (non-hydrogen) atoms. The second-order valence-corrected chi connectivity index (χ2v) is 5.74. The minimum absolute atomic E-state index is 0.103. The largest absolute Gasteiger partial charge is 0.497 e. The summed E-state index contributed by atoms with van der Waals surface area (Å²) in [6, 6.07) is 15.6. The molecule has 2 aromatic rings. The minimum atomic E-state index is -0.333. The number of methoxy groups -OCH3 is 1. The van der Waals surface area contributed by atoms with Gasteiger partial charge >= 0.3 is 0 Å². The van der Waals surface area contributed by atoms with Crippen molar-refractivity contribution in [3.05, 3.63) is 60.2 Å². The Morgan fingerprint density at radius 2 is 1.78 bits per heavy atom. The zero-order chi connectivity index (χ0) is 19.6. The maximum atomic E-state index is 12.3. The van der Waals surface area contributed by atoms with E-state index >= 15 is 0 Å². The number of carbonyl (C=O) groups excluding carboxylic acids is 3. The maximum absolute atomic E-state index is 12.3. The van der Waals surface area contributed by atoms with Crippen LogP contribution in [0.3, 0.4) is 0 Å². The lowest BCUT2D eigenvalue weighted by Crippen LogP contribution is -2.43. The van der Waals surface area contributed by atoms with Crippen LogP contribution in [0, 0.1) is 0 Å². The number of anilines is 1. The lowest BCUT2D eigenvalue weighted by molar-refractivity contribution is -0.133. The Morgan fingerprint density at radius 1 is 1.04 bits per heavy atom. The first-order valence-electron chi connectivity index (χ1n) is 8.58. The zero-order valence-corrected chi connectivity index (χ0v) is 15.4. The third-order valence-corrected chi connectivity index (χ3v) is 3.86. The molecule has 0 bridgehead atoms. The van der Waals surface area contributed by atoms with E-state index in [0.29, 0.717) is 23.5 Å². The van der Waals surface area contributed by atoms with Gasteiger partial charge in [0.05, 0.1) is 20.2 Å². The summed E-state index contributed by atoms with van der Waals surface area (Å²) in [6.07, 6.45) is 0. The third-order valence-electron chi connectivity index (χ3n) is 3.86. The molecule has 0 spiro atoms. The van der Waals surface area contributed by atoms with Crippen LogP contribution in [0.5, 0.6) is 5.75 Å². The topological polar surface area (TPSA) is 87.7 Å². The molecule has 142 valence electrons. The third kappa shape index (κ3) is 6.14. The molecule has 0 fully saturated rings. The lowest BCUT2D eigenvalue weighted by atomic mass is 10.2. The fourth-order valence-electron chi connectivity index (χ4n) is 2.41.